The summed E-state index contributed by atoms with van der Waals surface area (Å²) in [7, 11) is 0. The van der Waals surface area contributed by atoms with Crippen molar-refractivity contribution in [3.05, 3.63) is 28.6 Å². The monoisotopic (exact) mass is 347 g/mol. The fraction of sp³-hybridized carbons (Fsp3) is 0.333. The molecule has 1 aromatic rings. The minimum atomic E-state index is -1.03. The third kappa shape index (κ3) is 5.98. The first-order valence-corrected chi connectivity index (χ1v) is 7.67. The number of thioether (sulfide) groups is 1. The molecule has 1 rings (SSSR count). The van der Waals surface area contributed by atoms with Crippen LogP contribution in [0.2, 0.25) is 0 Å². The maximum absolute atomic E-state index is 11.6. The molecule has 0 aromatic carbocycles. The summed E-state index contributed by atoms with van der Waals surface area (Å²) in [6, 6.07) is 2.53. The van der Waals surface area contributed by atoms with Crippen LogP contribution in [0.5, 0.6) is 0 Å². The number of hydrogen-bond acceptors (Lipinski definition) is 4. The van der Waals surface area contributed by atoms with Gasteiger partial charge in [-0.25, -0.2) is 4.79 Å². The van der Waals surface area contributed by atoms with Gasteiger partial charge in [-0.05, 0) is 52.6 Å². The Morgan fingerprint density at radius 1 is 1.58 bits per heavy atom. The number of carbonyl (C=O) groups is 2. The minimum absolute atomic E-state index is 0.391. The summed E-state index contributed by atoms with van der Waals surface area (Å²) >= 11 is 4.68. The highest BCUT2D eigenvalue weighted by atomic mass is 79.9. The zero-order valence-corrected chi connectivity index (χ0v) is 12.7. The molecule has 1 heterocycles. The smallest absolute Gasteiger partial charge is 0.326 e. The Morgan fingerprint density at radius 3 is 2.84 bits per heavy atom. The maximum Gasteiger partial charge on any atom is 0.326 e. The highest BCUT2D eigenvalue weighted by Crippen LogP contribution is 2.14. The van der Waals surface area contributed by atoms with Crippen LogP contribution in [-0.4, -0.2) is 35.0 Å². The number of halogens is 1. The Hall–Kier alpha value is -1.21. The van der Waals surface area contributed by atoms with E-state index in [1.807, 2.05) is 6.26 Å². The van der Waals surface area contributed by atoms with Crippen LogP contribution in [-0.2, 0) is 9.59 Å². The molecule has 1 atom stereocenters. The normalized spacial score (nSPS) is 12.5. The Labute approximate surface area is 123 Å². The second-order valence-electron chi connectivity index (χ2n) is 3.66. The van der Waals surface area contributed by atoms with E-state index >= 15 is 0 Å². The fourth-order valence-corrected chi connectivity index (χ4v) is 2.08. The molecule has 0 aliphatic carbocycles. The topological polar surface area (TPSA) is 79.5 Å². The fourth-order valence-electron chi connectivity index (χ4n) is 1.29. The lowest BCUT2D eigenvalue weighted by Gasteiger charge is -2.12. The summed E-state index contributed by atoms with van der Waals surface area (Å²) in [5, 5.41) is 11.4. The number of carboxylic acid groups (broad SMARTS) is 1. The van der Waals surface area contributed by atoms with Gasteiger partial charge in [-0.15, -0.1) is 0 Å². The maximum atomic E-state index is 11.6. The summed E-state index contributed by atoms with van der Waals surface area (Å²) in [6.07, 6.45) is 5.01. The van der Waals surface area contributed by atoms with E-state index in [0.717, 1.165) is 0 Å². The Kier molecular flexibility index (Phi) is 6.72. The molecule has 1 aromatic heterocycles. The van der Waals surface area contributed by atoms with Crippen LogP contribution in [0.4, 0.5) is 0 Å². The van der Waals surface area contributed by atoms with Gasteiger partial charge in [-0.2, -0.15) is 11.8 Å². The molecule has 0 saturated carbocycles. The van der Waals surface area contributed by atoms with Gasteiger partial charge in [0, 0.05) is 6.08 Å². The van der Waals surface area contributed by atoms with Gasteiger partial charge in [-0.3, -0.25) is 4.79 Å². The first-order chi connectivity index (χ1) is 9.02. The van der Waals surface area contributed by atoms with Crippen LogP contribution < -0.4 is 5.32 Å². The molecule has 0 radical (unpaired) electrons. The Balaban J connectivity index is 2.52. The molecule has 7 heteroatoms. The van der Waals surface area contributed by atoms with E-state index in [-0.39, 0.29) is 0 Å². The third-order valence-electron chi connectivity index (χ3n) is 2.22. The molecule has 0 fully saturated rings. The van der Waals surface area contributed by atoms with E-state index in [2.05, 4.69) is 21.2 Å². The van der Waals surface area contributed by atoms with Gasteiger partial charge in [0.2, 0.25) is 5.91 Å². The third-order valence-corrected chi connectivity index (χ3v) is 3.29. The number of amides is 1. The molecule has 0 spiro atoms. The van der Waals surface area contributed by atoms with E-state index in [0.29, 0.717) is 22.6 Å². The average Bonchev–Trinajstić information content (AvgIpc) is 2.77. The first kappa shape index (κ1) is 15.8. The molecule has 0 bridgehead atoms. The molecular weight excluding hydrogens is 334 g/mol. The van der Waals surface area contributed by atoms with Gasteiger partial charge >= 0.3 is 5.97 Å². The average molecular weight is 348 g/mol. The van der Waals surface area contributed by atoms with Gasteiger partial charge < -0.3 is 14.8 Å². The summed E-state index contributed by atoms with van der Waals surface area (Å²) in [6.45, 7) is 0. The number of carbonyl (C=O) groups excluding carboxylic acids is 1. The van der Waals surface area contributed by atoms with Crippen molar-refractivity contribution in [2.75, 3.05) is 12.0 Å². The van der Waals surface area contributed by atoms with Crippen molar-refractivity contribution in [3.63, 3.8) is 0 Å². The standard InChI is InChI=1S/C12H14BrNO4S/c1-19-7-6-9(12(16)17)14-11(15)5-3-8-2-4-10(13)18-8/h2-5,9H,6-7H2,1H3,(H,14,15)(H,16,17)/b5-3+/t9-/m0/s1. The predicted molar refractivity (Wildman–Crippen MR) is 78.0 cm³/mol. The number of hydrogen-bond donors (Lipinski definition) is 2. The van der Waals surface area contributed by atoms with Gasteiger partial charge in [0.25, 0.3) is 0 Å². The van der Waals surface area contributed by atoms with Crippen molar-refractivity contribution in [2.45, 2.75) is 12.5 Å². The summed E-state index contributed by atoms with van der Waals surface area (Å²) in [5.41, 5.74) is 0. The van der Waals surface area contributed by atoms with Gasteiger partial charge in [0.15, 0.2) is 4.67 Å². The molecular formula is C12H14BrNO4S. The summed E-state index contributed by atoms with van der Waals surface area (Å²) in [5.74, 6) is -0.304. The van der Waals surface area contributed by atoms with Crippen LogP contribution in [0.25, 0.3) is 6.08 Å². The molecule has 19 heavy (non-hydrogen) atoms. The van der Waals surface area contributed by atoms with E-state index in [1.165, 1.54) is 23.9 Å². The van der Waals surface area contributed by atoms with Gasteiger partial charge in [0.05, 0.1) is 0 Å². The second kappa shape index (κ2) is 8.06. The van der Waals surface area contributed by atoms with E-state index in [1.54, 1.807) is 12.1 Å². The molecule has 2 N–H and O–H groups in total. The number of nitrogens with one attached hydrogen (secondary N) is 1. The lowest BCUT2D eigenvalue weighted by Crippen LogP contribution is -2.40. The number of carboxylic acids is 1. The predicted octanol–water partition coefficient (Wildman–Crippen LogP) is 2.38. The van der Waals surface area contributed by atoms with Crippen LogP contribution >= 0.6 is 27.7 Å². The summed E-state index contributed by atoms with van der Waals surface area (Å²) in [4.78, 5) is 22.5. The van der Waals surface area contributed by atoms with Gasteiger partial charge in [-0.1, -0.05) is 0 Å². The van der Waals surface area contributed by atoms with Crippen LogP contribution in [0.3, 0.4) is 0 Å². The SMILES string of the molecule is CSCC[C@H](NC(=O)/C=C/c1ccc(Br)o1)C(=O)O. The zero-order chi connectivity index (χ0) is 14.3. The van der Waals surface area contributed by atoms with Crippen LogP contribution in [0.1, 0.15) is 12.2 Å². The van der Waals surface area contributed by atoms with Crippen molar-refractivity contribution in [2.24, 2.45) is 0 Å². The Bertz CT molecular complexity index is 472. The Morgan fingerprint density at radius 2 is 2.32 bits per heavy atom. The first-order valence-electron chi connectivity index (χ1n) is 5.48. The molecule has 104 valence electrons. The van der Waals surface area contributed by atoms with Crippen LogP contribution in [0.15, 0.2) is 27.3 Å². The second-order valence-corrected chi connectivity index (χ2v) is 5.42. The molecule has 5 nitrogen and oxygen atoms in total. The highest BCUT2D eigenvalue weighted by molar-refractivity contribution is 9.10. The molecule has 0 saturated heterocycles. The lowest BCUT2D eigenvalue weighted by atomic mass is 10.2. The number of rotatable bonds is 7. The zero-order valence-electron chi connectivity index (χ0n) is 10.3. The molecule has 0 unspecified atom stereocenters. The van der Waals surface area contributed by atoms with Crippen molar-refractivity contribution in [3.8, 4) is 0 Å². The van der Waals surface area contributed by atoms with E-state index in [9.17, 15) is 9.59 Å². The van der Waals surface area contributed by atoms with Crippen molar-refractivity contribution < 1.29 is 19.1 Å². The summed E-state index contributed by atoms with van der Waals surface area (Å²) < 4.78 is 5.75. The highest BCUT2D eigenvalue weighted by Gasteiger charge is 2.17. The largest absolute Gasteiger partial charge is 0.480 e. The molecule has 0 aliphatic rings. The lowest BCUT2D eigenvalue weighted by molar-refractivity contribution is -0.141. The van der Waals surface area contributed by atoms with Gasteiger partial charge in [0.1, 0.15) is 11.8 Å². The molecule has 1 amide bonds. The van der Waals surface area contributed by atoms with Crippen molar-refractivity contribution >= 4 is 45.6 Å². The van der Waals surface area contributed by atoms with E-state index < -0.39 is 17.9 Å². The quantitative estimate of drug-likeness (QED) is 0.740. The van der Waals surface area contributed by atoms with Crippen molar-refractivity contribution in [1.82, 2.24) is 5.32 Å². The number of furan rings is 1. The van der Waals surface area contributed by atoms with E-state index in [4.69, 9.17) is 9.52 Å². The van der Waals surface area contributed by atoms with Crippen molar-refractivity contribution in [1.29, 1.82) is 0 Å². The minimum Gasteiger partial charge on any atom is -0.480 e. The number of aliphatic carboxylic acids is 1. The van der Waals surface area contributed by atoms with Crippen LogP contribution in [0, 0.1) is 0 Å². The molecule has 0 aliphatic heterocycles.